The zero-order valence-electron chi connectivity index (χ0n) is 11.9. The second-order valence-corrected chi connectivity index (χ2v) is 5.28. The number of nitrogens with two attached hydrogens (primary N) is 1. The minimum Gasteiger partial charge on any atom is -0.348 e. The molecular weight excluding hydrogens is 240 g/mol. The molecule has 19 heavy (non-hydrogen) atoms. The van der Waals surface area contributed by atoms with Crippen LogP contribution in [0.3, 0.4) is 0 Å². The minimum absolute atomic E-state index is 0.00507. The molecule has 1 aromatic heterocycles. The van der Waals surface area contributed by atoms with Crippen LogP contribution in [-0.4, -0.2) is 27.8 Å². The molecule has 0 unspecified atom stereocenters. The van der Waals surface area contributed by atoms with Crippen LogP contribution in [0.25, 0.3) is 0 Å². The van der Waals surface area contributed by atoms with Gasteiger partial charge in [-0.2, -0.15) is 5.10 Å². The van der Waals surface area contributed by atoms with Crippen LogP contribution in [0.2, 0.25) is 0 Å². The van der Waals surface area contributed by atoms with Gasteiger partial charge in [-0.05, 0) is 45.1 Å². The van der Waals surface area contributed by atoms with Crippen LogP contribution in [0.15, 0.2) is 6.07 Å². The van der Waals surface area contributed by atoms with Crippen LogP contribution in [0, 0.1) is 0 Å². The molecule has 1 fully saturated rings. The highest BCUT2D eigenvalue weighted by Gasteiger charge is 2.22. The van der Waals surface area contributed by atoms with Gasteiger partial charge in [0, 0.05) is 18.6 Å². The maximum Gasteiger partial charge on any atom is 0.269 e. The van der Waals surface area contributed by atoms with E-state index in [0.717, 1.165) is 44.3 Å². The molecule has 1 aliphatic rings. The fourth-order valence-electron chi connectivity index (χ4n) is 2.59. The van der Waals surface area contributed by atoms with Crippen molar-refractivity contribution in [2.24, 2.45) is 5.73 Å². The van der Waals surface area contributed by atoms with Crippen molar-refractivity contribution in [3.63, 3.8) is 0 Å². The van der Waals surface area contributed by atoms with Crippen molar-refractivity contribution in [3.05, 3.63) is 17.5 Å². The van der Waals surface area contributed by atoms with Crippen LogP contribution < -0.4 is 11.1 Å². The molecule has 0 aromatic carbocycles. The number of aromatic nitrogens is 2. The number of nitrogens with one attached hydrogen (secondary N) is 1. The average molecular weight is 264 g/mol. The van der Waals surface area contributed by atoms with Crippen molar-refractivity contribution in [1.82, 2.24) is 15.1 Å². The van der Waals surface area contributed by atoms with Gasteiger partial charge < -0.3 is 11.1 Å². The molecule has 1 amide bonds. The monoisotopic (exact) mass is 264 g/mol. The van der Waals surface area contributed by atoms with Gasteiger partial charge in [0.15, 0.2) is 0 Å². The molecule has 0 aliphatic heterocycles. The Morgan fingerprint density at radius 2 is 2.11 bits per heavy atom. The number of amides is 1. The van der Waals surface area contributed by atoms with E-state index < -0.39 is 0 Å². The Labute approximate surface area is 114 Å². The van der Waals surface area contributed by atoms with Crippen molar-refractivity contribution in [1.29, 1.82) is 0 Å². The van der Waals surface area contributed by atoms with Crippen molar-refractivity contribution >= 4 is 5.91 Å². The molecule has 106 valence electrons. The second-order valence-electron chi connectivity index (χ2n) is 5.28. The van der Waals surface area contributed by atoms with Crippen molar-refractivity contribution in [2.75, 3.05) is 0 Å². The minimum atomic E-state index is -0.00507. The van der Waals surface area contributed by atoms with Crippen LogP contribution in [-0.2, 0) is 13.0 Å². The van der Waals surface area contributed by atoms with E-state index in [0.29, 0.717) is 11.7 Å². The van der Waals surface area contributed by atoms with Gasteiger partial charge in [0.2, 0.25) is 0 Å². The summed E-state index contributed by atoms with van der Waals surface area (Å²) >= 11 is 0. The summed E-state index contributed by atoms with van der Waals surface area (Å²) in [5.41, 5.74) is 7.52. The third kappa shape index (κ3) is 3.35. The summed E-state index contributed by atoms with van der Waals surface area (Å²) in [4.78, 5) is 12.3. The van der Waals surface area contributed by atoms with Gasteiger partial charge in [-0.3, -0.25) is 9.48 Å². The van der Waals surface area contributed by atoms with Crippen LogP contribution in [0.5, 0.6) is 0 Å². The summed E-state index contributed by atoms with van der Waals surface area (Å²) in [6.45, 7) is 4.77. The van der Waals surface area contributed by atoms with Gasteiger partial charge in [-0.15, -0.1) is 0 Å². The zero-order valence-corrected chi connectivity index (χ0v) is 11.9. The molecule has 2 rings (SSSR count). The fourth-order valence-corrected chi connectivity index (χ4v) is 2.59. The predicted octanol–water partition coefficient (Wildman–Crippen LogP) is 1.47. The second kappa shape index (κ2) is 6.19. The lowest BCUT2D eigenvalue weighted by Crippen LogP contribution is -2.41. The Morgan fingerprint density at radius 1 is 1.42 bits per heavy atom. The van der Waals surface area contributed by atoms with E-state index in [9.17, 15) is 4.79 Å². The van der Waals surface area contributed by atoms with Gasteiger partial charge in [-0.1, -0.05) is 6.92 Å². The quantitative estimate of drug-likeness (QED) is 0.865. The summed E-state index contributed by atoms with van der Waals surface area (Å²) in [5, 5.41) is 7.52. The van der Waals surface area contributed by atoms with Gasteiger partial charge in [-0.25, -0.2) is 0 Å². The summed E-state index contributed by atoms with van der Waals surface area (Å²) in [6, 6.07) is 2.46. The first-order valence-electron chi connectivity index (χ1n) is 7.27. The van der Waals surface area contributed by atoms with E-state index in [2.05, 4.69) is 10.4 Å². The largest absolute Gasteiger partial charge is 0.348 e. The number of carbonyl (C=O) groups is 1. The zero-order chi connectivity index (χ0) is 13.8. The van der Waals surface area contributed by atoms with Crippen LogP contribution >= 0.6 is 0 Å². The highest BCUT2D eigenvalue weighted by molar-refractivity contribution is 5.92. The maximum atomic E-state index is 12.3. The molecule has 0 atom stereocenters. The Bertz CT molecular complexity index is 433. The smallest absolute Gasteiger partial charge is 0.269 e. The SMILES string of the molecule is CCc1cc(C(=O)NC2CCC(N)CC2)n(CC)n1. The number of rotatable bonds is 4. The summed E-state index contributed by atoms with van der Waals surface area (Å²) < 4.78 is 1.78. The molecule has 1 aromatic rings. The van der Waals surface area contributed by atoms with Gasteiger partial charge >= 0.3 is 0 Å². The molecule has 5 nitrogen and oxygen atoms in total. The standard InChI is InChI=1S/C14H24N4O/c1-3-11-9-13(18(4-2)17-11)14(19)16-12-7-5-10(15)6-8-12/h9-10,12H,3-8,15H2,1-2H3,(H,16,19). The Hall–Kier alpha value is -1.36. The lowest BCUT2D eigenvalue weighted by Gasteiger charge is -2.26. The van der Waals surface area contributed by atoms with Crippen LogP contribution in [0.4, 0.5) is 0 Å². The predicted molar refractivity (Wildman–Crippen MR) is 75.0 cm³/mol. The summed E-state index contributed by atoms with van der Waals surface area (Å²) in [5.74, 6) is -0.00507. The van der Waals surface area contributed by atoms with Gasteiger partial charge in [0.05, 0.1) is 5.69 Å². The first-order chi connectivity index (χ1) is 9.13. The lowest BCUT2D eigenvalue weighted by molar-refractivity contribution is 0.0915. The normalized spacial score (nSPS) is 23.3. The number of carbonyl (C=O) groups excluding carboxylic acids is 1. The number of hydrogen-bond acceptors (Lipinski definition) is 3. The first-order valence-corrected chi connectivity index (χ1v) is 7.27. The first kappa shape index (κ1) is 14.1. The van der Waals surface area contributed by atoms with Crippen molar-refractivity contribution in [3.8, 4) is 0 Å². The highest BCUT2D eigenvalue weighted by Crippen LogP contribution is 2.17. The number of nitrogens with zero attached hydrogens (tertiary/aromatic N) is 2. The van der Waals surface area contributed by atoms with Crippen LogP contribution in [0.1, 0.15) is 55.7 Å². The van der Waals surface area contributed by atoms with E-state index >= 15 is 0 Å². The maximum absolute atomic E-state index is 12.3. The molecule has 0 saturated heterocycles. The van der Waals surface area contributed by atoms with E-state index in [1.807, 2.05) is 19.9 Å². The van der Waals surface area contributed by atoms with E-state index in [-0.39, 0.29) is 11.9 Å². The van der Waals surface area contributed by atoms with E-state index in [4.69, 9.17) is 5.73 Å². The van der Waals surface area contributed by atoms with E-state index in [1.54, 1.807) is 4.68 Å². The number of hydrogen-bond donors (Lipinski definition) is 2. The number of aryl methyl sites for hydroxylation is 2. The Morgan fingerprint density at radius 3 is 2.68 bits per heavy atom. The molecule has 5 heteroatoms. The Balaban J connectivity index is 2.01. The lowest BCUT2D eigenvalue weighted by atomic mass is 9.92. The summed E-state index contributed by atoms with van der Waals surface area (Å²) in [6.07, 6.45) is 4.81. The highest BCUT2D eigenvalue weighted by atomic mass is 16.2. The molecule has 0 spiro atoms. The molecule has 3 N–H and O–H groups in total. The molecule has 1 saturated carbocycles. The molecule has 1 heterocycles. The molecule has 1 aliphatic carbocycles. The topological polar surface area (TPSA) is 72.9 Å². The third-order valence-electron chi connectivity index (χ3n) is 3.83. The third-order valence-corrected chi connectivity index (χ3v) is 3.83. The summed E-state index contributed by atoms with van der Waals surface area (Å²) in [7, 11) is 0. The average Bonchev–Trinajstić information content (AvgIpc) is 2.85. The Kier molecular flexibility index (Phi) is 4.58. The van der Waals surface area contributed by atoms with Gasteiger partial charge in [0.1, 0.15) is 5.69 Å². The van der Waals surface area contributed by atoms with Crippen molar-refractivity contribution < 1.29 is 4.79 Å². The molecular formula is C14H24N4O. The molecule has 0 radical (unpaired) electrons. The fraction of sp³-hybridized carbons (Fsp3) is 0.714. The molecule has 0 bridgehead atoms. The van der Waals surface area contributed by atoms with Crippen molar-refractivity contribution in [2.45, 2.75) is 64.6 Å². The van der Waals surface area contributed by atoms with Gasteiger partial charge in [0.25, 0.3) is 5.91 Å². The van der Waals surface area contributed by atoms with E-state index in [1.165, 1.54) is 0 Å².